The Labute approximate surface area is 183 Å². The molecule has 1 atom stereocenters. The smallest absolute Gasteiger partial charge is 0.342 e. The molecule has 2 aromatic carbocycles. The molecule has 0 aromatic heterocycles. The summed E-state index contributed by atoms with van der Waals surface area (Å²) < 4.78 is 15.1. The fraction of sp³-hybridized carbons (Fsp3) is 0.318. The number of hydrogen-bond acceptors (Lipinski definition) is 10. The molecule has 0 bridgehead atoms. The van der Waals surface area contributed by atoms with Crippen LogP contribution >= 0.6 is 0 Å². The molecule has 32 heavy (non-hydrogen) atoms. The van der Waals surface area contributed by atoms with Gasteiger partial charge in [-0.1, -0.05) is 0 Å². The van der Waals surface area contributed by atoms with Crippen LogP contribution in [0.4, 0.5) is 0 Å². The monoisotopic (exact) mass is 448 g/mol. The lowest BCUT2D eigenvalue weighted by atomic mass is 9.90. The highest BCUT2D eigenvalue weighted by Crippen LogP contribution is 2.37. The average molecular weight is 448 g/mol. The van der Waals surface area contributed by atoms with Crippen LogP contribution in [0.5, 0.6) is 17.2 Å². The van der Waals surface area contributed by atoms with Crippen LogP contribution in [0.25, 0.3) is 0 Å². The average Bonchev–Trinajstić information content (AvgIpc) is 2.74. The number of carbonyl (C=O) groups excluding carboxylic acids is 3. The highest BCUT2D eigenvalue weighted by atomic mass is 16.5. The van der Waals surface area contributed by atoms with Crippen LogP contribution in [0.2, 0.25) is 0 Å². The van der Waals surface area contributed by atoms with Crippen LogP contribution < -0.4 is 4.74 Å². The summed E-state index contributed by atoms with van der Waals surface area (Å²) in [5.74, 6) is -3.83. The van der Waals surface area contributed by atoms with Crippen molar-refractivity contribution >= 4 is 17.7 Å². The lowest BCUT2D eigenvalue weighted by Crippen LogP contribution is -2.23. The number of methoxy groups -OCH3 is 2. The highest BCUT2D eigenvalue weighted by Gasteiger charge is 2.32. The third-order valence-corrected chi connectivity index (χ3v) is 4.66. The van der Waals surface area contributed by atoms with E-state index in [9.17, 15) is 29.7 Å². The van der Waals surface area contributed by atoms with Gasteiger partial charge < -0.3 is 34.6 Å². The minimum atomic E-state index is -1.31. The number of aromatic hydroxyl groups is 2. The second kappa shape index (κ2) is 10.1. The van der Waals surface area contributed by atoms with Crippen molar-refractivity contribution in [2.75, 3.05) is 27.4 Å². The van der Waals surface area contributed by atoms with E-state index in [0.29, 0.717) is 0 Å². The minimum absolute atomic E-state index is 0.190. The minimum Gasteiger partial charge on any atom is -0.508 e. The van der Waals surface area contributed by atoms with Gasteiger partial charge in [-0.2, -0.15) is 0 Å². The maximum atomic E-state index is 13.5. The number of rotatable bonds is 8. The first kappa shape index (κ1) is 24.6. The number of ether oxygens (including phenoxy) is 3. The Morgan fingerprint density at radius 3 is 2.09 bits per heavy atom. The van der Waals surface area contributed by atoms with E-state index in [0.717, 1.165) is 13.2 Å². The summed E-state index contributed by atoms with van der Waals surface area (Å²) >= 11 is 0. The van der Waals surface area contributed by atoms with E-state index in [2.05, 4.69) is 0 Å². The molecule has 0 heterocycles. The van der Waals surface area contributed by atoms with E-state index in [1.54, 1.807) is 0 Å². The van der Waals surface area contributed by atoms with Crippen molar-refractivity contribution < 1.29 is 49.0 Å². The van der Waals surface area contributed by atoms with Crippen molar-refractivity contribution in [1.29, 1.82) is 0 Å². The standard InChI is InChI=1S/C22H24O10/c1-10-5-12(24)7-15(26)16(10)19(27)18-14(21(28)31-4)6-11(2)17(20(18)30-3)22(29)32-9-13(25)8-23/h5-7,13,23-26H,8-9H2,1-4H3/t13-/m0/s1. The van der Waals surface area contributed by atoms with Gasteiger partial charge in [-0.25, -0.2) is 9.59 Å². The maximum Gasteiger partial charge on any atom is 0.342 e. The van der Waals surface area contributed by atoms with Crippen molar-refractivity contribution in [3.8, 4) is 17.2 Å². The third kappa shape index (κ3) is 4.82. The van der Waals surface area contributed by atoms with Gasteiger partial charge in [0, 0.05) is 6.07 Å². The molecular formula is C22H24O10. The molecule has 0 spiro atoms. The second-order valence-corrected chi connectivity index (χ2v) is 6.94. The molecule has 0 aliphatic carbocycles. The molecule has 2 aromatic rings. The Bertz CT molecular complexity index is 1030. The van der Waals surface area contributed by atoms with E-state index in [-0.39, 0.29) is 44.9 Å². The van der Waals surface area contributed by atoms with E-state index in [1.165, 1.54) is 33.1 Å². The zero-order chi connectivity index (χ0) is 24.2. The van der Waals surface area contributed by atoms with Gasteiger partial charge in [0.05, 0.1) is 37.5 Å². The van der Waals surface area contributed by atoms with Crippen molar-refractivity contribution in [3.05, 3.63) is 51.6 Å². The number of aliphatic hydroxyl groups excluding tert-OH is 2. The Morgan fingerprint density at radius 1 is 0.938 bits per heavy atom. The number of aryl methyl sites for hydroxylation is 2. The van der Waals surface area contributed by atoms with Crippen molar-refractivity contribution in [2.45, 2.75) is 20.0 Å². The molecule has 0 aliphatic heterocycles. The molecule has 0 fully saturated rings. The van der Waals surface area contributed by atoms with Crippen LogP contribution in [-0.2, 0) is 9.47 Å². The first-order valence-corrected chi connectivity index (χ1v) is 9.40. The molecule has 2 rings (SSSR count). The molecule has 0 saturated carbocycles. The van der Waals surface area contributed by atoms with Crippen LogP contribution in [0.3, 0.4) is 0 Å². The van der Waals surface area contributed by atoms with Crippen molar-refractivity contribution in [2.24, 2.45) is 0 Å². The summed E-state index contributed by atoms with van der Waals surface area (Å²) in [6.07, 6.45) is -1.31. The van der Waals surface area contributed by atoms with Gasteiger partial charge in [0.25, 0.3) is 0 Å². The molecule has 0 amide bonds. The Morgan fingerprint density at radius 2 is 1.56 bits per heavy atom. The topological polar surface area (TPSA) is 160 Å². The summed E-state index contributed by atoms with van der Waals surface area (Å²) in [6, 6.07) is 3.45. The van der Waals surface area contributed by atoms with Gasteiger partial charge in [0.1, 0.15) is 35.5 Å². The third-order valence-electron chi connectivity index (χ3n) is 4.66. The lowest BCUT2D eigenvalue weighted by Gasteiger charge is -2.19. The second-order valence-electron chi connectivity index (χ2n) is 6.94. The summed E-state index contributed by atoms with van der Waals surface area (Å²) in [4.78, 5) is 38.6. The Balaban J connectivity index is 2.78. The SMILES string of the molecule is COC(=O)c1cc(C)c(C(=O)OC[C@@H](O)CO)c(OC)c1C(=O)c1c(C)cc(O)cc1O. The molecule has 0 aliphatic rings. The Hall–Kier alpha value is -3.63. The molecule has 4 N–H and O–H groups in total. The number of benzene rings is 2. The fourth-order valence-corrected chi connectivity index (χ4v) is 3.21. The van der Waals surface area contributed by atoms with E-state index >= 15 is 0 Å². The van der Waals surface area contributed by atoms with Gasteiger partial charge in [0.2, 0.25) is 5.78 Å². The van der Waals surface area contributed by atoms with Crippen molar-refractivity contribution in [1.82, 2.24) is 0 Å². The van der Waals surface area contributed by atoms with E-state index in [4.69, 9.17) is 19.3 Å². The largest absolute Gasteiger partial charge is 0.508 e. The molecule has 172 valence electrons. The molecular weight excluding hydrogens is 424 g/mol. The van der Waals surface area contributed by atoms with Gasteiger partial charge in [-0.3, -0.25) is 4.79 Å². The van der Waals surface area contributed by atoms with Crippen LogP contribution in [-0.4, -0.2) is 71.7 Å². The number of hydrogen-bond donors (Lipinski definition) is 4. The zero-order valence-corrected chi connectivity index (χ0v) is 18.0. The molecule has 0 radical (unpaired) electrons. The van der Waals surface area contributed by atoms with Crippen molar-refractivity contribution in [3.63, 3.8) is 0 Å². The van der Waals surface area contributed by atoms with Crippen LogP contribution in [0, 0.1) is 13.8 Å². The zero-order valence-electron chi connectivity index (χ0n) is 18.0. The summed E-state index contributed by atoms with van der Waals surface area (Å²) in [7, 11) is 2.29. The normalized spacial score (nSPS) is 11.6. The van der Waals surface area contributed by atoms with Gasteiger partial charge in [-0.05, 0) is 37.1 Å². The molecule has 0 saturated heterocycles. The summed E-state index contributed by atoms with van der Waals surface area (Å²) in [5, 5.41) is 38.3. The maximum absolute atomic E-state index is 13.5. The molecule has 10 heteroatoms. The summed E-state index contributed by atoms with van der Waals surface area (Å²) in [5.41, 5.74) is -0.556. The number of aliphatic hydroxyl groups is 2. The highest BCUT2D eigenvalue weighted by molar-refractivity contribution is 6.19. The van der Waals surface area contributed by atoms with Crippen LogP contribution in [0.1, 0.15) is 47.8 Å². The molecule has 10 nitrogen and oxygen atoms in total. The first-order valence-electron chi connectivity index (χ1n) is 9.40. The number of phenolic OH excluding ortho intramolecular Hbond substituents is 2. The van der Waals surface area contributed by atoms with Crippen LogP contribution in [0.15, 0.2) is 18.2 Å². The molecule has 0 unspecified atom stereocenters. The van der Waals surface area contributed by atoms with Gasteiger partial charge >= 0.3 is 11.9 Å². The predicted molar refractivity (Wildman–Crippen MR) is 110 cm³/mol. The lowest BCUT2D eigenvalue weighted by molar-refractivity contribution is 0.00903. The number of carbonyl (C=O) groups is 3. The van der Waals surface area contributed by atoms with Gasteiger partial charge in [-0.15, -0.1) is 0 Å². The Kier molecular flexibility index (Phi) is 7.79. The van der Waals surface area contributed by atoms with E-state index < -0.39 is 42.8 Å². The quantitative estimate of drug-likeness (QED) is 0.342. The number of esters is 2. The summed E-state index contributed by atoms with van der Waals surface area (Å²) in [6.45, 7) is 1.80. The van der Waals surface area contributed by atoms with Gasteiger partial charge in [0.15, 0.2) is 0 Å². The van der Waals surface area contributed by atoms with E-state index in [1.807, 2.05) is 0 Å². The predicted octanol–water partition coefficient (Wildman–Crippen LogP) is 1.25. The fourth-order valence-electron chi connectivity index (χ4n) is 3.21. The number of ketones is 1. The number of phenols is 2. The first-order chi connectivity index (χ1) is 15.1.